The van der Waals surface area contributed by atoms with E-state index in [9.17, 15) is 0 Å². The fraction of sp³-hybridized carbons (Fsp3) is 1.00. The lowest BCUT2D eigenvalue weighted by molar-refractivity contribution is -0.953. The number of nitrogens with zero attached hydrogens (tertiary/aromatic N) is 1. The van der Waals surface area contributed by atoms with Crippen molar-refractivity contribution >= 4 is 0 Å². The van der Waals surface area contributed by atoms with Crippen molar-refractivity contribution in [2.75, 3.05) is 19.6 Å². The van der Waals surface area contributed by atoms with Crippen LogP contribution in [0.2, 0.25) is 0 Å². The van der Waals surface area contributed by atoms with Crippen LogP contribution in [-0.4, -0.2) is 30.2 Å². The van der Waals surface area contributed by atoms with Crippen molar-refractivity contribution in [3.8, 4) is 0 Å². The first-order valence-corrected chi connectivity index (χ1v) is 8.64. The third kappa shape index (κ3) is 4.57. The van der Waals surface area contributed by atoms with E-state index in [1.807, 2.05) is 0 Å². The Balaban J connectivity index is 2.71. The highest BCUT2D eigenvalue weighted by molar-refractivity contribution is 4.68. The maximum atomic E-state index is 2.38. The van der Waals surface area contributed by atoms with E-state index in [1.54, 1.807) is 0 Å². The summed E-state index contributed by atoms with van der Waals surface area (Å²) in [6.45, 7) is 11.4. The maximum Gasteiger partial charge on any atom is 0.0890 e. The Morgan fingerprint density at radius 2 is 1.28 bits per heavy atom. The van der Waals surface area contributed by atoms with Gasteiger partial charge in [0.05, 0.1) is 25.7 Å². The molecular weight excluding hydrogens is 218 g/mol. The number of unbranched alkanes of at least 4 members (excludes halogenated alkanes) is 2. The van der Waals surface area contributed by atoms with Crippen molar-refractivity contribution < 1.29 is 4.48 Å². The summed E-state index contributed by atoms with van der Waals surface area (Å²) in [4.78, 5) is 0. The van der Waals surface area contributed by atoms with E-state index in [0.29, 0.717) is 0 Å². The molecule has 0 aliphatic heterocycles. The van der Waals surface area contributed by atoms with Crippen LogP contribution >= 0.6 is 0 Å². The molecule has 0 radical (unpaired) electrons. The van der Waals surface area contributed by atoms with E-state index >= 15 is 0 Å². The molecule has 108 valence electrons. The summed E-state index contributed by atoms with van der Waals surface area (Å²) in [5.74, 6) is 0. The molecule has 0 aromatic heterocycles. The predicted octanol–water partition coefficient (Wildman–Crippen LogP) is 5.15. The van der Waals surface area contributed by atoms with Crippen molar-refractivity contribution in [3.05, 3.63) is 0 Å². The molecule has 0 atom stereocenters. The summed E-state index contributed by atoms with van der Waals surface area (Å²) in [5, 5.41) is 0. The standard InChI is InChI=1S/C17H36N/c1-4-7-15-18(14-6-3,16-8-5-2)17-12-10-9-11-13-17/h17H,4-16H2,1-3H3/q+1. The summed E-state index contributed by atoms with van der Waals surface area (Å²) in [7, 11) is 0. The molecule has 18 heavy (non-hydrogen) atoms. The zero-order valence-corrected chi connectivity index (χ0v) is 13.2. The number of quaternary nitrogens is 1. The summed E-state index contributed by atoms with van der Waals surface area (Å²) in [5.41, 5.74) is 0. The molecule has 0 N–H and O–H groups in total. The van der Waals surface area contributed by atoms with E-state index in [4.69, 9.17) is 0 Å². The molecule has 1 heteroatoms. The number of rotatable bonds is 9. The Hall–Kier alpha value is -0.0400. The Morgan fingerprint density at radius 3 is 1.72 bits per heavy atom. The van der Waals surface area contributed by atoms with Crippen LogP contribution in [0.3, 0.4) is 0 Å². The molecule has 0 heterocycles. The van der Waals surface area contributed by atoms with Crippen LogP contribution in [0.15, 0.2) is 0 Å². The van der Waals surface area contributed by atoms with Gasteiger partial charge in [-0.15, -0.1) is 0 Å². The third-order valence-electron chi connectivity index (χ3n) is 4.93. The fourth-order valence-corrected chi connectivity index (χ4v) is 3.90. The number of hydrogen-bond acceptors (Lipinski definition) is 0. The van der Waals surface area contributed by atoms with Gasteiger partial charge in [-0.1, -0.05) is 40.0 Å². The smallest absolute Gasteiger partial charge is 0.0890 e. The van der Waals surface area contributed by atoms with Crippen molar-refractivity contribution in [1.29, 1.82) is 0 Å². The first kappa shape index (κ1) is 16.0. The lowest BCUT2D eigenvalue weighted by Gasteiger charge is -2.47. The van der Waals surface area contributed by atoms with Crippen molar-refractivity contribution in [3.63, 3.8) is 0 Å². The van der Waals surface area contributed by atoms with Gasteiger partial charge in [0, 0.05) is 0 Å². The minimum absolute atomic E-state index is 0.997. The van der Waals surface area contributed by atoms with Gasteiger partial charge in [0.1, 0.15) is 0 Å². The van der Waals surface area contributed by atoms with Crippen LogP contribution in [0.4, 0.5) is 0 Å². The van der Waals surface area contributed by atoms with Gasteiger partial charge in [-0.05, 0) is 44.9 Å². The minimum atomic E-state index is 0.997. The predicted molar refractivity (Wildman–Crippen MR) is 81.8 cm³/mol. The topological polar surface area (TPSA) is 0 Å². The highest BCUT2D eigenvalue weighted by atomic mass is 15.4. The number of hydrogen-bond donors (Lipinski definition) is 0. The van der Waals surface area contributed by atoms with Crippen molar-refractivity contribution in [2.45, 2.75) is 91.0 Å². The minimum Gasteiger partial charge on any atom is -0.321 e. The van der Waals surface area contributed by atoms with Crippen LogP contribution < -0.4 is 0 Å². The van der Waals surface area contributed by atoms with E-state index in [2.05, 4.69) is 20.8 Å². The molecule has 0 aromatic rings. The summed E-state index contributed by atoms with van der Waals surface area (Å²) >= 11 is 0. The van der Waals surface area contributed by atoms with Gasteiger partial charge < -0.3 is 4.48 Å². The first-order valence-electron chi connectivity index (χ1n) is 8.64. The van der Waals surface area contributed by atoms with Crippen molar-refractivity contribution in [2.24, 2.45) is 0 Å². The van der Waals surface area contributed by atoms with Gasteiger partial charge in [-0.2, -0.15) is 0 Å². The van der Waals surface area contributed by atoms with Crippen LogP contribution in [0, 0.1) is 0 Å². The van der Waals surface area contributed by atoms with Gasteiger partial charge in [0.2, 0.25) is 0 Å². The first-order chi connectivity index (χ1) is 8.79. The maximum absolute atomic E-state index is 2.38. The van der Waals surface area contributed by atoms with E-state index in [-0.39, 0.29) is 0 Å². The van der Waals surface area contributed by atoms with Gasteiger partial charge in [-0.25, -0.2) is 0 Å². The average Bonchev–Trinajstić information content (AvgIpc) is 2.43. The highest BCUT2D eigenvalue weighted by Crippen LogP contribution is 2.30. The SMILES string of the molecule is CCCC[N+](CCC)(CCCC)C1CCCCC1. The van der Waals surface area contributed by atoms with Gasteiger partial charge in [0.15, 0.2) is 0 Å². The van der Waals surface area contributed by atoms with E-state index < -0.39 is 0 Å². The zero-order valence-electron chi connectivity index (χ0n) is 13.2. The molecule has 0 aromatic carbocycles. The fourth-order valence-electron chi connectivity index (χ4n) is 3.90. The quantitative estimate of drug-likeness (QED) is 0.499. The zero-order chi connectivity index (χ0) is 13.3. The molecule has 1 rings (SSSR count). The molecule has 1 fully saturated rings. The van der Waals surface area contributed by atoms with Gasteiger partial charge in [-0.3, -0.25) is 0 Å². The Kier molecular flexibility index (Phi) is 7.97. The molecule has 0 amide bonds. The summed E-state index contributed by atoms with van der Waals surface area (Å²) in [6.07, 6.45) is 14.4. The van der Waals surface area contributed by atoms with E-state index in [0.717, 1.165) is 6.04 Å². The highest BCUT2D eigenvalue weighted by Gasteiger charge is 2.35. The molecule has 1 saturated carbocycles. The molecule has 1 aliphatic carbocycles. The largest absolute Gasteiger partial charge is 0.321 e. The Morgan fingerprint density at radius 1 is 0.722 bits per heavy atom. The Bertz CT molecular complexity index is 186. The molecule has 0 saturated heterocycles. The second-order valence-electron chi connectivity index (χ2n) is 6.39. The molecule has 1 aliphatic rings. The molecule has 0 bridgehead atoms. The van der Waals surface area contributed by atoms with Gasteiger partial charge >= 0.3 is 0 Å². The summed E-state index contributed by atoms with van der Waals surface area (Å²) in [6, 6.07) is 0.997. The van der Waals surface area contributed by atoms with Crippen LogP contribution in [-0.2, 0) is 0 Å². The van der Waals surface area contributed by atoms with Crippen LogP contribution in [0.5, 0.6) is 0 Å². The lowest BCUT2D eigenvalue weighted by atomic mass is 9.91. The monoisotopic (exact) mass is 254 g/mol. The summed E-state index contributed by atoms with van der Waals surface area (Å²) < 4.78 is 1.47. The Labute approximate surface area is 116 Å². The third-order valence-corrected chi connectivity index (χ3v) is 4.93. The molecular formula is C17H36N+. The molecule has 0 unspecified atom stereocenters. The van der Waals surface area contributed by atoms with Crippen LogP contribution in [0.25, 0.3) is 0 Å². The molecule has 0 spiro atoms. The second-order valence-corrected chi connectivity index (χ2v) is 6.39. The molecule has 1 nitrogen and oxygen atoms in total. The van der Waals surface area contributed by atoms with Gasteiger partial charge in [0.25, 0.3) is 0 Å². The van der Waals surface area contributed by atoms with E-state index in [1.165, 1.54) is 88.3 Å². The second kappa shape index (κ2) is 8.96. The van der Waals surface area contributed by atoms with Crippen LogP contribution in [0.1, 0.15) is 85.0 Å². The lowest BCUT2D eigenvalue weighted by Crippen LogP contribution is -2.57. The normalized spacial score (nSPS) is 18.2. The average molecular weight is 254 g/mol. The van der Waals surface area contributed by atoms with Crippen molar-refractivity contribution in [1.82, 2.24) is 0 Å².